The van der Waals surface area contributed by atoms with E-state index >= 15 is 0 Å². The minimum Gasteiger partial charge on any atom is -0.496 e. The number of ketones is 1. The van der Waals surface area contributed by atoms with E-state index in [9.17, 15) is 19.7 Å². The minimum absolute atomic E-state index is 0.106. The Balaban J connectivity index is 2.17. The summed E-state index contributed by atoms with van der Waals surface area (Å²) < 4.78 is 10.1. The van der Waals surface area contributed by atoms with E-state index in [-0.39, 0.29) is 35.7 Å². The van der Waals surface area contributed by atoms with Gasteiger partial charge in [-0.2, -0.15) is 0 Å². The number of nitrogens with zero attached hydrogens (tertiary/aromatic N) is 1. The molecule has 0 aliphatic heterocycles. The average Bonchev–Trinajstić information content (AvgIpc) is 2.69. The molecule has 0 fully saturated rings. The van der Waals surface area contributed by atoms with E-state index in [1.807, 2.05) is 0 Å². The highest BCUT2D eigenvalue weighted by atomic mass is 16.6. The van der Waals surface area contributed by atoms with Crippen molar-refractivity contribution >= 4 is 23.1 Å². The first-order valence-corrected chi connectivity index (χ1v) is 7.94. The number of methoxy groups -OCH3 is 1. The number of aliphatic hydroxyl groups is 1. The summed E-state index contributed by atoms with van der Waals surface area (Å²) in [7, 11) is 1.42. The molecule has 0 heterocycles. The maximum absolute atomic E-state index is 12.4. The lowest BCUT2D eigenvalue weighted by molar-refractivity contribution is -0.384. The third-order valence-corrected chi connectivity index (χ3v) is 3.60. The van der Waals surface area contributed by atoms with Gasteiger partial charge in [0.25, 0.3) is 5.69 Å². The molecule has 0 atom stereocenters. The number of hydrogen-bond donors (Lipinski definition) is 2. The Kier molecular flexibility index (Phi) is 6.84. The molecule has 0 spiro atoms. The maximum Gasteiger partial charge on any atom is 0.340 e. The Labute approximate surface area is 154 Å². The number of carbonyl (C=O) groups excluding carboxylic acids is 2. The fourth-order valence-electron chi connectivity index (χ4n) is 2.32. The Hall–Kier alpha value is -3.46. The predicted molar refractivity (Wildman–Crippen MR) is 96.3 cm³/mol. The second-order valence-electron chi connectivity index (χ2n) is 5.34. The number of anilines is 1. The Bertz CT molecular complexity index is 851. The number of esters is 1. The second kappa shape index (κ2) is 9.30. The molecule has 9 heteroatoms. The van der Waals surface area contributed by atoms with Gasteiger partial charge in [0, 0.05) is 24.4 Å². The summed E-state index contributed by atoms with van der Waals surface area (Å²) in [5.41, 5.74) is 0.105. The average molecular weight is 374 g/mol. The van der Waals surface area contributed by atoms with Crippen LogP contribution in [0.5, 0.6) is 5.75 Å². The number of rotatable bonds is 9. The van der Waals surface area contributed by atoms with E-state index in [4.69, 9.17) is 14.6 Å². The fraction of sp³-hybridized carbons (Fsp3) is 0.222. The summed E-state index contributed by atoms with van der Waals surface area (Å²) in [5, 5.41) is 22.6. The van der Waals surface area contributed by atoms with Crippen molar-refractivity contribution in [1.29, 1.82) is 0 Å². The number of nitro groups is 1. The van der Waals surface area contributed by atoms with Crippen molar-refractivity contribution in [3.05, 3.63) is 63.7 Å². The van der Waals surface area contributed by atoms with E-state index in [0.29, 0.717) is 5.75 Å². The van der Waals surface area contributed by atoms with Crippen LogP contribution < -0.4 is 10.1 Å². The SMILES string of the molecule is COc1ccccc1C(=O)COC(=O)c1cc([N+](=O)[O-])ccc1NCCO. The van der Waals surface area contributed by atoms with Crippen LogP contribution in [0, 0.1) is 10.1 Å². The van der Waals surface area contributed by atoms with Crippen molar-refractivity contribution in [2.45, 2.75) is 0 Å². The van der Waals surface area contributed by atoms with Gasteiger partial charge in [-0.15, -0.1) is 0 Å². The highest BCUT2D eigenvalue weighted by Gasteiger charge is 2.20. The first kappa shape index (κ1) is 19.9. The molecule has 2 N–H and O–H groups in total. The van der Waals surface area contributed by atoms with Crippen LogP contribution in [-0.2, 0) is 4.74 Å². The summed E-state index contributed by atoms with van der Waals surface area (Å²) in [6.45, 7) is -0.614. The normalized spacial score (nSPS) is 10.1. The summed E-state index contributed by atoms with van der Waals surface area (Å²) in [4.78, 5) is 34.9. The van der Waals surface area contributed by atoms with Gasteiger partial charge in [-0.05, 0) is 18.2 Å². The van der Waals surface area contributed by atoms with Gasteiger partial charge >= 0.3 is 5.97 Å². The zero-order valence-electron chi connectivity index (χ0n) is 14.5. The maximum atomic E-state index is 12.4. The zero-order valence-corrected chi connectivity index (χ0v) is 14.5. The first-order chi connectivity index (χ1) is 13.0. The topological polar surface area (TPSA) is 128 Å². The van der Waals surface area contributed by atoms with Crippen molar-refractivity contribution in [3.8, 4) is 5.75 Å². The van der Waals surface area contributed by atoms with E-state index in [0.717, 1.165) is 6.07 Å². The van der Waals surface area contributed by atoms with Crippen LogP contribution in [0.4, 0.5) is 11.4 Å². The molecular formula is C18H18N2O7. The van der Waals surface area contributed by atoms with Crippen molar-refractivity contribution in [2.75, 3.05) is 32.2 Å². The van der Waals surface area contributed by atoms with Crippen molar-refractivity contribution < 1.29 is 29.1 Å². The Morgan fingerprint density at radius 2 is 1.93 bits per heavy atom. The van der Waals surface area contributed by atoms with Gasteiger partial charge in [-0.25, -0.2) is 4.79 Å². The molecule has 0 saturated heterocycles. The number of Topliss-reactive ketones (excluding diaryl/α,β-unsaturated/α-hetero) is 1. The third-order valence-electron chi connectivity index (χ3n) is 3.60. The molecule has 0 bridgehead atoms. The number of non-ortho nitro benzene ring substituents is 1. The highest BCUT2D eigenvalue weighted by Crippen LogP contribution is 2.23. The number of nitrogens with one attached hydrogen (secondary N) is 1. The van der Waals surface area contributed by atoms with Crippen LogP contribution in [0.1, 0.15) is 20.7 Å². The monoisotopic (exact) mass is 374 g/mol. The lowest BCUT2D eigenvalue weighted by Gasteiger charge is -2.11. The lowest BCUT2D eigenvalue weighted by Crippen LogP contribution is -2.17. The second-order valence-corrected chi connectivity index (χ2v) is 5.34. The molecule has 0 radical (unpaired) electrons. The number of ether oxygens (including phenoxy) is 2. The van der Waals surface area contributed by atoms with E-state index < -0.39 is 23.3 Å². The van der Waals surface area contributed by atoms with E-state index in [2.05, 4.69) is 5.32 Å². The van der Waals surface area contributed by atoms with Crippen molar-refractivity contribution in [1.82, 2.24) is 0 Å². The molecular weight excluding hydrogens is 356 g/mol. The number of nitro benzene ring substituents is 1. The largest absolute Gasteiger partial charge is 0.496 e. The van der Waals surface area contributed by atoms with E-state index in [1.54, 1.807) is 18.2 Å². The molecule has 0 unspecified atom stereocenters. The van der Waals surface area contributed by atoms with Gasteiger partial charge in [0.1, 0.15) is 5.75 Å². The number of para-hydroxylation sites is 1. The summed E-state index contributed by atoms with van der Waals surface area (Å²) in [6, 6.07) is 10.1. The molecule has 0 saturated carbocycles. The molecule has 27 heavy (non-hydrogen) atoms. The molecule has 0 aliphatic rings. The molecule has 2 aromatic rings. The van der Waals surface area contributed by atoms with Crippen LogP contribution in [-0.4, -0.2) is 48.7 Å². The Morgan fingerprint density at radius 1 is 1.19 bits per heavy atom. The van der Waals surface area contributed by atoms with Gasteiger partial charge in [-0.1, -0.05) is 12.1 Å². The van der Waals surface area contributed by atoms with Crippen LogP contribution in [0.2, 0.25) is 0 Å². The quantitative estimate of drug-likeness (QED) is 0.295. The van der Waals surface area contributed by atoms with Gasteiger partial charge in [-0.3, -0.25) is 14.9 Å². The van der Waals surface area contributed by atoms with Crippen LogP contribution in [0.15, 0.2) is 42.5 Å². The number of benzene rings is 2. The van der Waals surface area contributed by atoms with Gasteiger partial charge < -0.3 is 19.9 Å². The first-order valence-electron chi connectivity index (χ1n) is 7.94. The van der Waals surface area contributed by atoms with Gasteiger partial charge in [0.05, 0.1) is 29.8 Å². The molecule has 0 amide bonds. The number of hydrogen-bond acceptors (Lipinski definition) is 8. The standard InChI is InChI=1S/C18H18N2O7/c1-26-17-5-3-2-4-13(17)16(22)11-27-18(23)14-10-12(20(24)25)6-7-15(14)19-8-9-21/h2-7,10,19,21H,8-9,11H2,1H3. The number of carbonyl (C=O) groups is 2. The van der Waals surface area contributed by atoms with E-state index in [1.165, 1.54) is 25.3 Å². The lowest BCUT2D eigenvalue weighted by atomic mass is 10.1. The fourth-order valence-corrected chi connectivity index (χ4v) is 2.32. The van der Waals surface area contributed by atoms with Crippen molar-refractivity contribution in [2.24, 2.45) is 0 Å². The third kappa shape index (κ3) is 5.02. The van der Waals surface area contributed by atoms with Gasteiger partial charge in [0.2, 0.25) is 5.78 Å². The van der Waals surface area contributed by atoms with Gasteiger partial charge in [0.15, 0.2) is 6.61 Å². The smallest absolute Gasteiger partial charge is 0.340 e. The highest BCUT2D eigenvalue weighted by molar-refractivity contribution is 6.02. The van der Waals surface area contributed by atoms with Crippen LogP contribution in [0.25, 0.3) is 0 Å². The molecule has 2 aromatic carbocycles. The van der Waals surface area contributed by atoms with Crippen LogP contribution in [0.3, 0.4) is 0 Å². The van der Waals surface area contributed by atoms with Crippen LogP contribution >= 0.6 is 0 Å². The summed E-state index contributed by atoms with van der Waals surface area (Å²) in [6.07, 6.45) is 0. The molecule has 9 nitrogen and oxygen atoms in total. The summed E-state index contributed by atoms with van der Waals surface area (Å²) in [5.74, 6) is -1.03. The number of aliphatic hydroxyl groups excluding tert-OH is 1. The van der Waals surface area contributed by atoms with Crippen molar-refractivity contribution in [3.63, 3.8) is 0 Å². The Morgan fingerprint density at radius 3 is 2.59 bits per heavy atom. The summed E-state index contributed by atoms with van der Waals surface area (Å²) >= 11 is 0. The predicted octanol–water partition coefficient (Wildman–Crippen LogP) is 2.05. The molecule has 0 aromatic heterocycles. The molecule has 142 valence electrons. The zero-order chi connectivity index (χ0) is 19.8. The minimum atomic E-state index is -0.901. The molecule has 2 rings (SSSR count). The molecule has 0 aliphatic carbocycles.